The molecule has 0 amide bonds. The number of hydrogen-bond donors (Lipinski definition) is 1. The Bertz CT molecular complexity index is 259. The van der Waals surface area contributed by atoms with Gasteiger partial charge >= 0.3 is 0 Å². The molecule has 0 fully saturated rings. The van der Waals surface area contributed by atoms with Crippen LogP contribution in [0.1, 0.15) is 57.4 Å². The van der Waals surface area contributed by atoms with E-state index in [9.17, 15) is 0 Å². The zero-order chi connectivity index (χ0) is 12.2. The minimum atomic E-state index is 0.948. The van der Waals surface area contributed by atoms with Crippen LogP contribution in [0.25, 0.3) is 0 Å². The molecule has 0 unspecified atom stereocenters. The molecule has 1 heterocycles. The molecule has 0 saturated heterocycles. The third-order valence-corrected chi connectivity index (χ3v) is 3.01. The topological polar surface area (TPSA) is 24.9 Å². The van der Waals surface area contributed by atoms with Gasteiger partial charge in [-0.05, 0) is 24.6 Å². The molecule has 0 aromatic carbocycles. The highest BCUT2D eigenvalue weighted by atomic mass is 14.8. The van der Waals surface area contributed by atoms with Crippen LogP contribution in [0.15, 0.2) is 24.5 Å². The number of unbranched alkanes of at least 4 members (excludes halogenated alkanes) is 6. The average molecular weight is 234 g/mol. The van der Waals surface area contributed by atoms with Gasteiger partial charge in [0, 0.05) is 18.9 Å². The number of aromatic nitrogens is 1. The predicted octanol–water partition coefficient (Wildman–Crippen LogP) is 3.92. The van der Waals surface area contributed by atoms with E-state index in [4.69, 9.17) is 0 Å². The Morgan fingerprint density at radius 3 is 2.53 bits per heavy atom. The van der Waals surface area contributed by atoms with Crippen LogP contribution in [0, 0.1) is 0 Å². The Hall–Kier alpha value is -0.890. The van der Waals surface area contributed by atoms with Gasteiger partial charge in [0.25, 0.3) is 0 Å². The summed E-state index contributed by atoms with van der Waals surface area (Å²) in [4.78, 5) is 4.10. The van der Waals surface area contributed by atoms with Crippen LogP contribution in [0.2, 0.25) is 0 Å². The van der Waals surface area contributed by atoms with Gasteiger partial charge in [0.15, 0.2) is 0 Å². The first-order valence-electron chi connectivity index (χ1n) is 7.03. The third kappa shape index (κ3) is 7.92. The highest BCUT2D eigenvalue weighted by Gasteiger charge is 1.92. The van der Waals surface area contributed by atoms with Crippen molar-refractivity contribution in [1.82, 2.24) is 10.3 Å². The molecule has 0 saturated carbocycles. The van der Waals surface area contributed by atoms with Crippen molar-refractivity contribution < 1.29 is 0 Å². The maximum Gasteiger partial charge on any atom is 0.0312 e. The Labute approximate surface area is 106 Å². The second kappa shape index (κ2) is 10.3. The number of rotatable bonds is 10. The average Bonchev–Trinajstić information content (AvgIpc) is 2.38. The van der Waals surface area contributed by atoms with Crippen LogP contribution in [0.4, 0.5) is 0 Å². The molecule has 2 nitrogen and oxygen atoms in total. The predicted molar refractivity (Wildman–Crippen MR) is 73.9 cm³/mol. The van der Waals surface area contributed by atoms with Crippen molar-refractivity contribution in [3.05, 3.63) is 30.1 Å². The molecule has 0 atom stereocenters. The van der Waals surface area contributed by atoms with Crippen molar-refractivity contribution >= 4 is 0 Å². The number of pyridine rings is 1. The fourth-order valence-corrected chi connectivity index (χ4v) is 1.94. The van der Waals surface area contributed by atoms with Crippen molar-refractivity contribution in [2.75, 3.05) is 6.54 Å². The van der Waals surface area contributed by atoms with Crippen molar-refractivity contribution in [3.63, 3.8) is 0 Å². The van der Waals surface area contributed by atoms with Crippen molar-refractivity contribution in [1.29, 1.82) is 0 Å². The van der Waals surface area contributed by atoms with Crippen molar-refractivity contribution in [3.8, 4) is 0 Å². The smallest absolute Gasteiger partial charge is 0.0312 e. The molecule has 0 aliphatic rings. The lowest BCUT2D eigenvalue weighted by Gasteiger charge is -2.04. The number of nitrogens with one attached hydrogen (secondary N) is 1. The van der Waals surface area contributed by atoms with Gasteiger partial charge in [0.1, 0.15) is 0 Å². The van der Waals surface area contributed by atoms with E-state index in [-0.39, 0.29) is 0 Å². The van der Waals surface area contributed by atoms with Crippen LogP contribution < -0.4 is 5.32 Å². The summed E-state index contributed by atoms with van der Waals surface area (Å²) in [5, 5.41) is 3.46. The van der Waals surface area contributed by atoms with Gasteiger partial charge in [-0.3, -0.25) is 4.98 Å². The summed E-state index contributed by atoms with van der Waals surface area (Å²) in [5.74, 6) is 0. The Kier molecular flexibility index (Phi) is 8.57. The summed E-state index contributed by atoms with van der Waals surface area (Å²) in [6.07, 6.45) is 13.4. The van der Waals surface area contributed by atoms with Gasteiger partial charge in [0.05, 0.1) is 0 Å². The van der Waals surface area contributed by atoms with Crippen LogP contribution in [0.3, 0.4) is 0 Å². The Morgan fingerprint density at radius 2 is 1.82 bits per heavy atom. The van der Waals surface area contributed by atoms with E-state index >= 15 is 0 Å². The van der Waals surface area contributed by atoms with Gasteiger partial charge in [0.2, 0.25) is 0 Å². The van der Waals surface area contributed by atoms with E-state index in [1.807, 2.05) is 18.5 Å². The first-order valence-corrected chi connectivity index (χ1v) is 7.03. The highest BCUT2D eigenvalue weighted by molar-refractivity contribution is 5.07. The zero-order valence-electron chi connectivity index (χ0n) is 11.1. The van der Waals surface area contributed by atoms with Gasteiger partial charge in [-0.15, -0.1) is 0 Å². The Morgan fingerprint density at radius 1 is 1.06 bits per heavy atom. The van der Waals surface area contributed by atoms with E-state index in [1.54, 1.807) is 0 Å². The van der Waals surface area contributed by atoms with E-state index < -0.39 is 0 Å². The van der Waals surface area contributed by atoms with E-state index in [2.05, 4.69) is 23.3 Å². The summed E-state index contributed by atoms with van der Waals surface area (Å²) >= 11 is 0. The minimum Gasteiger partial charge on any atom is -0.313 e. The molecule has 1 N–H and O–H groups in total. The van der Waals surface area contributed by atoms with Gasteiger partial charge < -0.3 is 5.32 Å². The highest BCUT2D eigenvalue weighted by Crippen LogP contribution is 2.06. The lowest BCUT2D eigenvalue weighted by atomic mass is 10.1. The van der Waals surface area contributed by atoms with Crippen molar-refractivity contribution in [2.45, 2.75) is 58.4 Å². The molecule has 0 aliphatic carbocycles. The van der Waals surface area contributed by atoms with Gasteiger partial charge in [-0.25, -0.2) is 0 Å². The van der Waals surface area contributed by atoms with Crippen LogP contribution >= 0.6 is 0 Å². The largest absolute Gasteiger partial charge is 0.313 e. The molecule has 1 rings (SSSR count). The quantitative estimate of drug-likeness (QED) is 0.621. The molecule has 2 heteroatoms. The van der Waals surface area contributed by atoms with Gasteiger partial charge in [-0.2, -0.15) is 0 Å². The van der Waals surface area contributed by atoms with E-state index in [0.29, 0.717) is 0 Å². The molecular formula is C15H26N2. The van der Waals surface area contributed by atoms with E-state index in [0.717, 1.165) is 13.1 Å². The number of nitrogens with zero attached hydrogens (tertiary/aromatic N) is 1. The molecule has 0 spiro atoms. The summed E-state index contributed by atoms with van der Waals surface area (Å²) in [6, 6.07) is 4.11. The molecule has 0 bridgehead atoms. The third-order valence-electron chi connectivity index (χ3n) is 3.01. The fourth-order valence-electron chi connectivity index (χ4n) is 1.94. The SMILES string of the molecule is CCCCCCCCCNCc1cccnc1. The zero-order valence-corrected chi connectivity index (χ0v) is 11.1. The van der Waals surface area contributed by atoms with Gasteiger partial charge in [-0.1, -0.05) is 51.5 Å². The second-order valence-corrected chi connectivity index (χ2v) is 4.66. The molecule has 1 aromatic heterocycles. The molecular weight excluding hydrogens is 208 g/mol. The van der Waals surface area contributed by atoms with Crippen LogP contribution in [-0.4, -0.2) is 11.5 Å². The van der Waals surface area contributed by atoms with Crippen LogP contribution in [0.5, 0.6) is 0 Å². The lowest BCUT2D eigenvalue weighted by Crippen LogP contribution is -2.14. The lowest BCUT2D eigenvalue weighted by molar-refractivity contribution is 0.562. The summed E-state index contributed by atoms with van der Waals surface area (Å²) < 4.78 is 0. The fraction of sp³-hybridized carbons (Fsp3) is 0.667. The summed E-state index contributed by atoms with van der Waals surface area (Å²) in [7, 11) is 0. The Balaban J connectivity index is 1.85. The molecule has 17 heavy (non-hydrogen) atoms. The maximum atomic E-state index is 4.10. The summed E-state index contributed by atoms with van der Waals surface area (Å²) in [6.45, 7) is 4.34. The van der Waals surface area contributed by atoms with Crippen molar-refractivity contribution in [2.24, 2.45) is 0 Å². The summed E-state index contributed by atoms with van der Waals surface area (Å²) in [5.41, 5.74) is 1.27. The molecule has 1 aromatic rings. The van der Waals surface area contributed by atoms with Crippen LogP contribution in [-0.2, 0) is 6.54 Å². The second-order valence-electron chi connectivity index (χ2n) is 4.66. The normalized spacial score (nSPS) is 10.6. The molecule has 96 valence electrons. The maximum absolute atomic E-state index is 4.10. The number of hydrogen-bond acceptors (Lipinski definition) is 2. The first-order chi connectivity index (χ1) is 8.43. The monoisotopic (exact) mass is 234 g/mol. The van der Waals surface area contributed by atoms with E-state index in [1.165, 1.54) is 50.5 Å². The molecule has 0 radical (unpaired) electrons. The standard InChI is InChI=1S/C15H26N2/c1-2-3-4-5-6-7-8-11-16-13-15-10-9-12-17-14-15/h9-10,12,14,16H,2-8,11,13H2,1H3. The molecule has 0 aliphatic heterocycles. The minimum absolute atomic E-state index is 0.948. The first kappa shape index (κ1) is 14.2.